The van der Waals surface area contributed by atoms with Gasteiger partial charge in [-0.15, -0.1) is 11.3 Å². The zero-order valence-electron chi connectivity index (χ0n) is 18.5. The zero-order chi connectivity index (χ0) is 23.7. The van der Waals surface area contributed by atoms with E-state index in [1.165, 1.54) is 23.5 Å². The molecule has 1 saturated carbocycles. The van der Waals surface area contributed by atoms with Crippen LogP contribution in [-0.2, 0) is 0 Å². The van der Waals surface area contributed by atoms with Crippen LogP contribution in [0.1, 0.15) is 63.9 Å². The maximum absolute atomic E-state index is 14.0. The van der Waals surface area contributed by atoms with Crippen molar-refractivity contribution in [2.75, 3.05) is 6.54 Å². The number of piperidine rings is 1. The van der Waals surface area contributed by atoms with Gasteiger partial charge >= 0.3 is 0 Å². The van der Waals surface area contributed by atoms with Gasteiger partial charge in [0, 0.05) is 22.5 Å². The Balaban J connectivity index is 1.50. The third kappa shape index (κ3) is 5.06. The SMILES string of the molecule is O=C(NC(C(=O)c1nc(C2CC2)sc1-c1ccc(F)cc1)C1CCCCN1)c1cccc(Cl)c1. The van der Waals surface area contributed by atoms with E-state index in [4.69, 9.17) is 16.6 Å². The van der Waals surface area contributed by atoms with Gasteiger partial charge in [-0.05, 0) is 68.1 Å². The largest absolute Gasteiger partial charge is 0.340 e. The van der Waals surface area contributed by atoms with Crippen molar-refractivity contribution in [2.24, 2.45) is 0 Å². The van der Waals surface area contributed by atoms with Crippen LogP contribution in [0.15, 0.2) is 48.5 Å². The van der Waals surface area contributed by atoms with Crippen molar-refractivity contribution in [1.29, 1.82) is 0 Å². The fourth-order valence-electron chi connectivity index (χ4n) is 4.32. The van der Waals surface area contributed by atoms with Gasteiger partial charge in [0.15, 0.2) is 0 Å². The number of nitrogens with one attached hydrogen (secondary N) is 2. The Morgan fingerprint density at radius 1 is 1.12 bits per heavy atom. The highest BCUT2D eigenvalue weighted by Crippen LogP contribution is 2.45. The lowest BCUT2D eigenvalue weighted by molar-refractivity contribution is 0.0823. The number of carbonyl (C=O) groups is 2. The van der Waals surface area contributed by atoms with Crippen LogP contribution in [0.25, 0.3) is 10.4 Å². The van der Waals surface area contributed by atoms with Crippen LogP contribution in [0, 0.1) is 5.82 Å². The second-order valence-electron chi connectivity index (χ2n) is 8.89. The lowest BCUT2D eigenvalue weighted by Gasteiger charge is -2.31. The summed E-state index contributed by atoms with van der Waals surface area (Å²) in [6.07, 6.45) is 4.90. The first-order chi connectivity index (χ1) is 16.5. The number of benzene rings is 2. The normalized spacial score (nSPS) is 18.9. The second-order valence-corrected chi connectivity index (χ2v) is 10.4. The van der Waals surface area contributed by atoms with Crippen LogP contribution >= 0.6 is 22.9 Å². The summed E-state index contributed by atoms with van der Waals surface area (Å²) in [5.74, 6) is -0.536. The van der Waals surface area contributed by atoms with Gasteiger partial charge in [0.2, 0.25) is 5.78 Å². The molecule has 0 radical (unpaired) electrons. The van der Waals surface area contributed by atoms with Crippen LogP contribution in [0.4, 0.5) is 4.39 Å². The molecule has 2 heterocycles. The molecular weight excluding hydrogens is 473 g/mol. The van der Waals surface area contributed by atoms with Crippen molar-refractivity contribution >= 4 is 34.6 Å². The third-order valence-electron chi connectivity index (χ3n) is 6.32. The monoisotopic (exact) mass is 497 g/mol. The molecule has 1 aromatic heterocycles. The Morgan fingerprint density at radius 3 is 2.59 bits per heavy atom. The molecule has 1 saturated heterocycles. The quantitative estimate of drug-likeness (QED) is 0.416. The second kappa shape index (κ2) is 9.94. The minimum Gasteiger partial charge on any atom is -0.340 e. The van der Waals surface area contributed by atoms with Crippen molar-refractivity contribution in [2.45, 2.75) is 50.1 Å². The summed E-state index contributed by atoms with van der Waals surface area (Å²) in [6, 6.07) is 11.8. The Bertz CT molecular complexity index is 1200. The minimum absolute atomic E-state index is 0.198. The smallest absolute Gasteiger partial charge is 0.251 e. The molecule has 5 nitrogen and oxygen atoms in total. The number of hydrogen-bond acceptors (Lipinski definition) is 5. The number of thiazole rings is 1. The van der Waals surface area contributed by atoms with Crippen molar-refractivity contribution in [1.82, 2.24) is 15.6 Å². The molecule has 176 valence electrons. The first-order valence-electron chi connectivity index (χ1n) is 11.6. The van der Waals surface area contributed by atoms with Gasteiger partial charge in [0.25, 0.3) is 5.91 Å². The summed E-state index contributed by atoms with van der Waals surface area (Å²) >= 11 is 7.57. The highest BCUT2D eigenvalue weighted by molar-refractivity contribution is 7.15. The first-order valence-corrected chi connectivity index (χ1v) is 12.8. The summed E-state index contributed by atoms with van der Waals surface area (Å²) in [5, 5.41) is 7.76. The number of amides is 1. The molecule has 34 heavy (non-hydrogen) atoms. The van der Waals surface area contributed by atoms with E-state index >= 15 is 0 Å². The molecule has 3 aromatic rings. The molecule has 0 bridgehead atoms. The molecule has 2 aromatic carbocycles. The minimum atomic E-state index is -0.778. The lowest BCUT2D eigenvalue weighted by Crippen LogP contribution is -2.55. The number of hydrogen-bond donors (Lipinski definition) is 2. The molecular formula is C26H25ClFN3O2S. The van der Waals surface area contributed by atoms with Crippen LogP contribution in [0.5, 0.6) is 0 Å². The van der Waals surface area contributed by atoms with Crippen LogP contribution < -0.4 is 10.6 Å². The summed E-state index contributed by atoms with van der Waals surface area (Å²) in [6.45, 7) is 0.788. The van der Waals surface area contributed by atoms with E-state index in [1.54, 1.807) is 36.4 Å². The van der Waals surface area contributed by atoms with E-state index in [-0.39, 0.29) is 23.5 Å². The van der Waals surface area contributed by atoms with Crippen LogP contribution in [0.3, 0.4) is 0 Å². The fraction of sp³-hybridized carbons (Fsp3) is 0.346. The van der Waals surface area contributed by atoms with Gasteiger partial charge in [0.1, 0.15) is 17.6 Å². The number of carbonyl (C=O) groups excluding carboxylic acids is 2. The summed E-state index contributed by atoms with van der Waals surface area (Å²) in [4.78, 5) is 32.6. The Kier molecular flexibility index (Phi) is 6.77. The number of Topliss-reactive ketones (excluding diaryl/α,β-unsaturated/α-hetero) is 1. The predicted molar refractivity (Wildman–Crippen MR) is 132 cm³/mol. The van der Waals surface area contributed by atoms with Gasteiger partial charge < -0.3 is 10.6 Å². The van der Waals surface area contributed by atoms with E-state index in [2.05, 4.69) is 10.6 Å². The molecule has 8 heteroatoms. The van der Waals surface area contributed by atoms with Crippen LogP contribution in [-0.4, -0.2) is 35.3 Å². The fourth-order valence-corrected chi connectivity index (χ4v) is 5.75. The third-order valence-corrected chi connectivity index (χ3v) is 7.82. The van der Waals surface area contributed by atoms with E-state index in [0.29, 0.717) is 22.2 Å². The van der Waals surface area contributed by atoms with E-state index in [0.717, 1.165) is 54.1 Å². The average molecular weight is 498 g/mol. The summed E-state index contributed by atoms with van der Waals surface area (Å²) < 4.78 is 13.6. The molecule has 1 amide bonds. The average Bonchev–Trinajstić information content (AvgIpc) is 3.61. The van der Waals surface area contributed by atoms with Crippen molar-refractivity contribution < 1.29 is 14.0 Å². The molecule has 2 atom stereocenters. The molecule has 2 unspecified atom stereocenters. The molecule has 1 aliphatic heterocycles. The highest BCUT2D eigenvalue weighted by Gasteiger charge is 2.36. The van der Waals surface area contributed by atoms with Gasteiger partial charge in [-0.3, -0.25) is 9.59 Å². The predicted octanol–water partition coefficient (Wildman–Crippen LogP) is 5.60. The molecule has 2 N–H and O–H groups in total. The Morgan fingerprint density at radius 2 is 1.91 bits per heavy atom. The van der Waals surface area contributed by atoms with Crippen molar-refractivity contribution in [3.8, 4) is 10.4 Å². The lowest BCUT2D eigenvalue weighted by atomic mass is 9.92. The van der Waals surface area contributed by atoms with Gasteiger partial charge in [0.05, 0.1) is 9.88 Å². The number of rotatable bonds is 7. The number of nitrogens with zero attached hydrogens (tertiary/aromatic N) is 1. The molecule has 5 rings (SSSR count). The number of halogens is 2. The molecule has 2 fully saturated rings. The number of aromatic nitrogens is 1. The Hall–Kier alpha value is -2.61. The summed E-state index contributed by atoms with van der Waals surface area (Å²) in [5.41, 5.74) is 1.50. The topological polar surface area (TPSA) is 71.1 Å². The molecule has 1 aliphatic carbocycles. The van der Waals surface area contributed by atoms with Gasteiger partial charge in [-0.2, -0.15) is 0 Å². The zero-order valence-corrected chi connectivity index (χ0v) is 20.1. The molecule has 0 spiro atoms. The summed E-state index contributed by atoms with van der Waals surface area (Å²) in [7, 11) is 0. The van der Waals surface area contributed by atoms with Gasteiger partial charge in [-0.1, -0.05) is 36.2 Å². The van der Waals surface area contributed by atoms with Gasteiger partial charge in [-0.25, -0.2) is 9.37 Å². The number of ketones is 1. The van der Waals surface area contributed by atoms with E-state index in [1.807, 2.05) is 0 Å². The maximum atomic E-state index is 14.0. The molecule has 2 aliphatic rings. The van der Waals surface area contributed by atoms with E-state index in [9.17, 15) is 14.0 Å². The standard InChI is InChI=1S/C26H25ClFN3O2S/c27-18-5-3-4-17(14-18)25(33)30-21(20-6-1-2-13-29-20)23(32)22-24(15-9-11-19(28)12-10-15)34-26(31-22)16-7-8-16/h3-5,9-12,14,16,20-21,29H,1-2,6-8,13H2,(H,30,33). The van der Waals surface area contributed by atoms with Crippen molar-refractivity contribution in [3.63, 3.8) is 0 Å². The highest BCUT2D eigenvalue weighted by atomic mass is 35.5. The Labute approximate surface area is 206 Å². The van der Waals surface area contributed by atoms with Crippen LogP contribution in [0.2, 0.25) is 5.02 Å². The first kappa shape index (κ1) is 23.1. The van der Waals surface area contributed by atoms with Crippen molar-refractivity contribution in [3.05, 3.63) is 75.6 Å². The van der Waals surface area contributed by atoms with E-state index < -0.39 is 6.04 Å². The maximum Gasteiger partial charge on any atom is 0.251 e.